The summed E-state index contributed by atoms with van der Waals surface area (Å²) >= 11 is 0. The Morgan fingerprint density at radius 3 is 2.71 bits per heavy atom. The van der Waals surface area contributed by atoms with Gasteiger partial charge in [0.05, 0.1) is 10.6 Å². The van der Waals surface area contributed by atoms with Gasteiger partial charge in [0.2, 0.25) is 0 Å². The first-order valence-corrected chi connectivity index (χ1v) is 7.32. The lowest BCUT2D eigenvalue weighted by molar-refractivity contribution is -0.385. The first-order chi connectivity index (χ1) is 11.5. The van der Waals surface area contributed by atoms with Crippen LogP contribution in [-0.4, -0.2) is 14.3 Å². The van der Waals surface area contributed by atoms with Crippen LogP contribution in [0.2, 0.25) is 0 Å². The van der Waals surface area contributed by atoms with E-state index in [2.05, 4.69) is 4.98 Å². The molecule has 0 bridgehead atoms. The minimum Gasteiger partial charge on any atom is -0.487 e. The fourth-order valence-corrected chi connectivity index (χ4v) is 2.52. The van der Waals surface area contributed by atoms with E-state index in [9.17, 15) is 14.9 Å². The third-order valence-corrected chi connectivity index (χ3v) is 3.68. The first kappa shape index (κ1) is 15.7. The molecule has 0 amide bonds. The monoisotopic (exact) mass is 325 g/mol. The van der Waals surface area contributed by atoms with Gasteiger partial charge in [-0.3, -0.25) is 19.3 Å². The van der Waals surface area contributed by atoms with Crippen molar-refractivity contribution in [1.82, 2.24) is 9.38 Å². The first-order valence-electron chi connectivity index (χ1n) is 7.32. The van der Waals surface area contributed by atoms with Gasteiger partial charge in [-0.05, 0) is 38.1 Å². The van der Waals surface area contributed by atoms with Crippen LogP contribution >= 0.6 is 0 Å². The number of rotatable bonds is 4. The fourth-order valence-electron chi connectivity index (χ4n) is 2.52. The number of fused-ring (bicyclic) bond motifs is 1. The SMILES string of the molecule is Cc1cc(OCc2cc(=O)n3c(C)cccc3n2)ccc1[N+](=O)[O-]. The van der Waals surface area contributed by atoms with E-state index >= 15 is 0 Å². The number of aryl methyl sites for hydroxylation is 2. The van der Waals surface area contributed by atoms with Gasteiger partial charge in [-0.25, -0.2) is 4.98 Å². The third-order valence-electron chi connectivity index (χ3n) is 3.68. The molecule has 0 aliphatic carbocycles. The molecule has 0 fully saturated rings. The molecule has 3 aromatic rings. The van der Waals surface area contributed by atoms with Crippen molar-refractivity contribution in [2.45, 2.75) is 20.5 Å². The molecule has 1 aromatic carbocycles. The van der Waals surface area contributed by atoms with Crippen molar-refractivity contribution >= 4 is 11.3 Å². The Labute approximate surface area is 137 Å². The largest absolute Gasteiger partial charge is 0.487 e. The second-order valence-electron chi connectivity index (χ2n) is 5.44. The van der Waals surface area contributed by atoms with Crippen LogP contribution in [0.3, 0.4) is 0 Å². The van der Waals surface area contributed by atoms with Gasteiger partial charge >= 0.3 is 0 Å². The molecule has 0 aliphatic rings. The number of hydrogen-bond acceptors (Lipinski definition) is 5. The van der Waals surface area contributed by atoms with Crippen LogP contribution in [0.1, 0.15) is 17.0 Å². The number of benzene rings is 1. The normalized spacial score (nSPS) is 10.8. The molecule has 0 saturated carbocycles. The maximum atomic E-state index is 12.2. The molecule has 24 heavy (non-hydrogen) atoms. The molecule has 2 heterocycles. The predicted molar refractivity (Wildman–Crippen MR) is 88.4 cm³/mol. The Bertz CT molecular complexity index is 995. The van der Waals surface area contributed by atoms with Gasteiger partial charge in [0.1, 0.15) is 18.0 Å². The van der Waals surface area contributed by atoms with E-state index in [0.717, 1.165) is 5.69 Å². The summed E-state index contributed by atoms with van der Waals surface area (Å²) < 4.78 is 7.14. The highest BCUT2D eigenvalue weighted by molar-refractivity contribution is 5.44. The Morgan fingerprint density at radius 2 is 2.00 bits per heavy atom. The van der Waals surface area contributed by atoms with Gasteiger partial charge < -0.3 is 4.74 Å². The third kappa shape index (κ3) is 2.96. The van der Waals surface area contributed by atoms with E-state index in [4.69, 9.17) is 4.74 Å². The molecule has 7 nitrogen and oxygen atoms in total. The molecule has 0 N–H and O–H groups in total. The van der Waals surface area contributed by atoms with Crippen molar-refractivity contribution in [3.05, 3.63) is 79.9 Å². The van der Waals surface area contributed by atoms with Crippen LogP contribution in [-0.2, 0) is 6.61 Å². The van der Waals surface area contributed by atoms with E-state index in [1.165, 1.54) is 22.6 Å². The molecule has 0 atom stereocenters. The minimum absolute atomic E-state index is 0.0416. The zero-order valence-corrected chi connectivity index (χ0v) is 13.2. The molecule has 0 aliphatic heterocycles. The molecular weight excluding hydrogens is 310 g/mol. The number of hydrogen-bond donors (Lipinski definition) is 0. The van der Waals surface area contributed by atoms with Crippen LogP contribution in [0.5, 0.6) is 5.75 Å². The number of aromatic nitrogens is 2. The summed E-state index contributed by atoms with van der Waals surface area (Å²) in [6.07, 6.45) is 0. The number of pyridine rings is 1. The molecule has 0 saturated heterocycles. The van der Waals surface area contributed by atoms with E-state index in [1.807, 2.05) is 19.1 Å². The van der Waals surface area contributed by atoms with Crippen LogP contribution in [0.15, 0.2) is 47.3 Å². The number of nitro benzene ring substituents is 1. The van der Waals surface area contributed by atoms with E-state index in [0.29, 0.717) is 22.7 Å². The molecule has 0 unspecified atom stereocenters. The summed E-state index contributed by atoms with van der Waals surface area (Å²) in [4.78, 5) is 27.0. The van der Waals surface area contributed by atoms with Crippen molar-refractivity contribution in [1.29, 1.82) is 0 Å². The molecule has 122 valence electrons. The van der Waals surface area contributed by atoms with E-state index < -0.39 is 4.92 Å². The highest BCUT2D eigenvalue weighted by Crippen LogP contribution is 2.23. The second kappa shape index (κ2) is 6.11. The quantitative estimate of drug-likeness (QED) is 0.544. The zero-order valence-electron chi connectivity index (χ0n) is 13.2. The number of nitrogens with zero attached hydrogens (tertiary/aromatic N) is 3. The smallest absolute Gasteiger partial charge is 0.272 e. The average molecular weight is 325 g/mol. The maximum absolute atomic E-state index is 12.2. The van der Waals surface area contributed by atoms with Crippen molar-refractivity contribution in [2.75, 3.05) is 0 Å². The highest BCUT2D eigenvalue weighted by Gasteiger charge is 2.11. The summed E-state index contributed by atoms with van der Waals surface area (Å²) in [6, 6.07) is 11.4. The van der Waals surface area contributed by atoms with Gasteiger partial charge in [-0.2, -0.15) is 0 Å². The standard InChI is InChI=1S/C17H15N3O4/c1-11-8-14(6-7-15(11)20(22)23)24-10-13-9-17(21)19-12(2)4-3-5-16(19)18-13/h3-9H,10H2,1-2H3. The number of nitro groups is 1. The van der Waals surface area contributed by atoms with Crippen molar-refractivity contribution in [3.63, 3.8) is 0 Å². The molecular formula is C17H15N3O4. The van der Waals surface area contributed by atoms with Gasteiger partial charge in [-0.1, -0.05) is 6.07 Å². The van der Waals surface area contributed by atoms with Crippen molar-refractivity contribution in [2.24, 2.45) is 0 Å². The highest BCUT2D eigenvalue weighted by atomic mass is 16.6. The second-order valence-corrected chi connectivity index (χ2v) is 5.44. The van der Waals surface area contributed by atoms with Crippen LogP contribution in [0.4, 0.5) is 5.69 Å². The average Bonchev–Trinajstić information content (AvgIpc) is 2.52. The van der Waals surface area contributed by atoms with Crippen molar-refractivity contribution in [3.8, 4) is 5.75 Å². The zero-order chi connectivity index (χ0) is 17.3. The Morgan fingerprint density at radius 1 is 1.21 bits per heavy atom. The van der Waals surface area contributed by atoms with Gasteiger partial charge in [0, 0.05) is 23.4 Å². The summed E-state index contributed by atoms with van der Waals surface area (Å²) in [5.41, 5.74) is 2.25. The van der Waals surface area contributed by atoms with Crippen LogP contribution in [0.25, 0.3) is 5.65 Å². The molecule has 0 spiro atoms. The van der Waals surface area contributed by atoms with Crippen LogP contribution < -0.4 is 10.3 Å². The maximum Gasteiger partial charge on any atom is 0.272 e. The Hall–Kier alpha value is -3.22. The summed E-state index contributed by atoms with van der Waals surface area (Å²) in [6.45, 7) is 3.59. The lowest BCUT2D eigenvalue weighted by atomic mass is 10.2. The summed E-state index contributed by atoms with van der Waals surface area (Å²) in [7, 11) is 0. The van der Waals surface area contributed by atoms with E-state index in [1.54, 1.807) is 19.1 Å². The van der Waals surface area contributed by atoms with E-state index in [-0.39, 0.29) is 17.9 Å². The molecule has 2 aromatic heterocycles. The topological polar surface area (TPSA) is 86.7 Å². The molecule has 3 rings (SSSR count). The molecule has 0 radical (unpaired) electrons. The van der Waals surface area contributed by atoms with Gasteiger partial charge in [0.25, 0.3) is 11.2 Å². The fraction of sp³-hybridized carbons (Fsp3) is 0.176. The lowest BCUT2D eigenvalue weighted by Crippen LogP contribution is -2.18. The van der Waals surface area contributed by atoms with Crippen LogP contribution in [0, 0.1) is 24.0 Å². The van der Waals surface area contributed by atoms with Gasteiger partial charge in [0.15, 0.2) is 0 Å². The molecule has 7 heteroatoms. The summed E-state index contributed by atoms with van der Waals surface area (Å²) in [5.74, 6) is 0.490. The Kier molecular flexibility index (Phi) is 3.99. The summed E-state index contributed by atoms with van der Waals surface area (Å²) in [5, 5.41) is 10.8. The lowest BCUT2D eigenvalue weighted by Gasteiger charge is -2.09. The van der Waals surface area contributed by atoms with Gasteiger partial charge in [-0.15, -0.1) is 0 Å². The van der Waals surface area contributed by atoms with Crippen molar-refractivity contribution < 1.29 is 9.66 Å². The number of ether oxygens (including phenoxy) is 1. The minimum atomic E-state index is -0.437. The predicted octanol–water partition coefficient (Wildman–Crippen LogP) is 2.80. The Balaban J connectivity index is 1.85.